The fourth-order valence-electron chi connectivity index (χ4n) is 6.41. The quantitative estimate of drug-likeness (QED) is 0.0298. The molecule has 6 heteroatoms. The normalized spacial score (nSPS) is 16.6. The summed E-state index contributed by atoms with van der Waals surface area (Å²) in [5.74, 6) is 0.192. The summed E-state index contributed by atoms with van der Waals surface area (Å²) in [6.07, 6.45) is 45.2. The number of hydrogen-bond acceptors (Lipinski definition) is 6. The van der Waals surface area contributed by atoms with Crippen molar-refractivity contribution in [3.05, 3.63) is 36.5 Å². The Hall–Kier alpha value is -1.92. The van der Waals surface area contributed by atoms with Crippen molar-refractivity contribution in [3.63, 3.8) is 0 Å². The number of aliphatic hydroxyl groups excluding tert-OH is 1. The van der Waals surface area contributed by atoms with Crippen LogP contribution >= 0.6 is 0 Å². The highest BCUT2D eigenvalue weighted by molar-refractivity contribution is 5.70. The van der Waals surface area contributed by atoms with E-state index in [1.807, 2.05) is 0 Å². The third-order valence-corrected chi connectivity index (χ3v) is 9.79. The van der Waals surface area contributed by atoms with Gasteiger partial charge in [-0.05, 0) is 57.3 Å². The Kier molecular flexibility index (Phi) is 32.4. The number of unbranched alkanes of at least 4 members (excludes halogenated alkanes) is 18. The van der Waals surface area contributed by atoms with Crippen LogP contribution in [0.1, 0.15) is 201 Å². The van der Waals surface area contributed by atoms with Gasteiger partial charge in [0.15, 0.2) is 6.10 Å². The molecule has 51 heavy (non-hydrogen) atoms. The van der Waals surface area contributed by atoms with E-state index in [1.165, 1.54) is 116 Å². The Balaban J connectivity index is 1.90. The predicted octanol–water partition coefficient (Wildman–Crippen LogP) is 12.5. The summed E-state index contributed by atoms with van der Waals surface area (Å²) >= 11 is 0. The molecule has 3 atom stereocenters. The molecule has 0 aromatic heterocycles. The van der Waals surface area contributed by atoms with Gasteiger partial charge in [-0.3, -0.25) is 9.59 Å². The zero-order valence-corrected chi connectivity index (χ0v) is 33.5. The van der Waals surface area contributed by atoms with Gasteiger partial charge in [0.25, 0.3) is 0 Å². The topological polar surface area (TPSA) is 85.4 Å². The molecule has 0 radical (unpaired) electrons. The van der Waals surface area contributed by atoms with Crippen molar-refractivity contribution < 1.29 is 28.9 Å². The molecule has 0 aliphatic carbocycles. The van der Waals surface area contributed by atoms with E-state index in [-0.39, 0.29) is 37.4 Å². The Morgan fingerprint density at radius 3 is 1.73 bits per heavy atom. The number of allylic oxidation sites excluding steroid dienone is 5. The molecule has 0 aromatic rings. The molecular formula is C45H80O6. The number of rotatable bonds is 37. The van der Waals surface area contributed by atoms with Gasteiger partial charge in [0.05, 0.1) is 18.8 Å². The lowest BCUT2D eigenvalue weighted by Gasteiger charge is -2.15. The standard InChI is InChI=1S/C45H80O6/c1-4-5-6-7-8-9-10-18-21-24-27-30-34-42-43(51-42)35-32-37-44(47)49-39-41(38-46)50-45(48)36-31-28-25-22-19-16-14-12-11-13-15-17-20-23-26-29-33-40(2)3/h8-9,18,21,27,30,40-43,46H,4-7,10-17,19-20,22-26,28-29,31-39H2,1-3H3/b9-8-,21-18-,30-27-/t41-,42?,43?/m0/s1. The van der Waals surface area contributed by atoms with Crippen molar-refractivity contribution >= 4 is 11.9 Å². The van der Waals surface area contributed by atoms with Gasteiger partial charge in [-0.1, -0.05) is 173 Å². The molecule has 1 fully saturated rings. The molecule has 1 aliphatic rings. The van der Waals surface area contributed by atoms with Gasteiger partial charge in [0.1, 0.15) is 6.61 Å². The first-order valence-corrected chi connectivity index (χ1v) is 21.5. The van der Waals surface area contributed by atoms with Crippen molar-refractivity contribution in [2.24, 2.45) is 5.92 Å². The van der Waals surface area contributed by atoms with Crippen LogP contribution in [-0.2, 0) is 23.8 Å². The van der Waals surface area contributed by atoms with Gasteiger partial charge in [0, 0.05) is 12.8 Å². The maximum Gasteiger partial charge on any atom is 0.306 e. The Morgan fingerprint density at radius 1 is 0.627 bits per heavy atom. The number of ether oxygens (including phenoxy) is 3. The third kappa shape index (κ3) is 32.5. The van der Waals surface area contributed by atoms with E-state index in [1.54, 1.807) is 0 Å². The largest absolute Gasteiger partial charge is 0.462 e. The van der Waals surface area contributed by atoms with E-state index in [9.17, 15) is 14.7 Å². The summed E-state index contributed by atoms with van der Waals surface area (Å²) in [7, 11) is 0. The SMILES string of the molecule is CCCCC/C=C\C/C=C\C/C=C\CC1OC1CCCC(=O)OC[C@H](CO)OC(=O)CCCCCCCCCCCCCCCCCCC(C)C. The molecule has 1 saturated heterocycles. The van der Waals surface area contributed by atoms with Crippen LogP contribution in [0.15, 0.2) is 36.5 Å². The van der Waals surface area contributed by atoms with Gasteiger partial charge < -0.3 is 19.3 Å². The lowest BCUT2D eigenvalue weighted by Crippen LogP contribution is -2.28. The van der Waals surface area contributed by atoms with Crippen LogP contribution in [-0.4, -0.2) is 48.6 Å². The number of carbonyl (C=O) groups excluding carboxylic acids is 2. The Labute approximate surface area is 314 Å². The first-order chi connectivity index (χ1) is 25.0. The van der Waals surface area contributed by atoms with Crippen LogP contribution < -0.4 is 0 Å². The van der Waals surface area contributed by atoms with Crippen molar-refractivity contribution in [1.29, 1.82) is 0 Å². The maximum absolute atomic E-state index is 12.2. The second kappa shape index (κ2) is 35.1. The lowest BCUT2D eigenvalue weighted by molar-refractivity contribution is -0.161. The summed E-state index contributed by atoms with van der Waals surface area (Å²) in [6, 6.07) is 0. The molecule has 1 rings (SSSR count). The molecular weight excluding hydrogens is 636 g/mol. The van der Waals surface area contributed by atoms with E-state index in [2.05, 4.69) is 57.2 Å². The van der Waals surface area contributed by atoms with Crippen LogP contribution in [0.5, 0.6) is 0 Å². The predicted molar refractivity (Wildman–Crippen MR) is 214 cm³/mol. The number of hydrogen-bond donors (Lipinski definition) is 1. The second-order valence-corrected chi connectivity index (χ2v) is 15.3. The molecule has 0 bridgehead atoms. The fourth-order valence-corrected chi connectivity index (χ4v) is 6.41. The monoisotopic (exact) mass is 717 g/mol. The van der Waals surface area contributed by atoms with E-state index >= 15 is 0 Å². The highest BCUT2D eigenvalue weighted by Crippen LogP contribution is 2.30. The molecule has 1 N–H and O–H groups in total. The molecule has 6 nitrogen and oxygen atoms in total. The molecule has 2 unspecified atom stereocenters. The smallest absolute Gasteiger partial charge is 0.306 e. The minimum absolute atomic E-state index is 0.101. The number of carbonyl (C=O) groups is 2. The summed E-state index contributed by atoms with van der Waals surface area (Å²) < 4.78 is 16.4. The molecule has 0 spiro atoms. The Bertz CT molecular complexity index is 893. The minimum atomic E-state index is -0.800. The number of epoxide rings is 1. The van der Waals surface area contributed by atoms with Crippen LogP contribution in [0, 0.1) is 5.92 Å². The van der Waals surface area contributed by atoms with Gasteiger partial charge >= 0.3 is 11.9 Å². The first-order valence-electron chi connectivity index (χ1n) is 21.5. The molecule has 0 saturated carbocycles. The average molecular weight is 717 g/mol. The van der Waals surface area contributed by atoms with E-state index < -0.39 is 6.10 Å². The van der Waals surface area contributed by atoms with Crippen LogP contribution in [0.25, 0.3) is 0 Å². The highest BCUT2D eigenvalue weighted by atomic mass is 16.6. The fraction of sp³-hybridized carbons (Fsp3) is 0.822. The van der Waals surface area contributed by atoms with Crippen molar-refractivity contribution in [2.45, 2.75) is 219 Å². The zero-order chi connectivity index (χ0) is 37.0. The summed E-state index contributed by atoms with van der Waals surface area (Å²) in [5, 5.41) is 9.60. The zero-order valence-electron chi connectivity index (χ0n) is 33.5. The number of esters is 2. The van der Waals surface area contributed by atoms with Gasteiger partial charge in [0.2, 0.25) is 0 Å². The van der Waals surface area contributed by atoms with E-state index in [0.717, 1.165) is 50.9 Å². The minimum Gasteiger partial charge on any atom is -0.462 e. The molecule has 0 aromatic carbocycles. The highest BCUT2D eigenvalue weighted by Gasteiger charge is 2.36. The lowest BCUT2D eigenvalue weighted by atomic mass is 10.0. The van der Waals surface area contributed by atoms with E-state index in [0.29, 0.717) is 19.3 Å². The van der Waals surface area contributed by atoms with Crippen molar-refractivity contribution in [1.82, 2.24) is 0 Å². The van der Waals surface area contributed by atoms with Gasteiger partial charge in [-0.2, -0.15) is 0 Å². The first kappa shape index (κ1) is 47.1. The van der Waals surface area contributed by atoms with Crippen molar-refractivity contribution in [3.8, 4) is 0 Å². The molecule has 296 valence electrons. The van der Waals surface area contributed by atoms with Crippen molar-refractivity contribution in [2.75, 3.05) is 13.2 Å². The molecule has 1 heterocycles. The van der Waals surface area contributed by atoms with Gasteiger partial charge in [-0.15, -0.1) is 0 Å². The van der Waals surface area contributed by atoms with Crippen LogP contribution in [0.3, 0.4) is 0 Å². The van der Waals surface area contributed by atoms with Crippen LogP contribution in [0.4, 0.5) is 0 Å². The summed E-state index contributed by atoms with van der Waals surface area (Å²) in [6.45, 7) is 6.42. The van der Waals surface area contributed by atoms with Gasteiger partial charge in [-0.25, -0.2) is 0 Å². The number of aliphatic hydroxyl groups is 1. The Morgan fingerprint density at radius 2 is 1.16 bits per heavy atom. The molecule has 0 amide bonds. The molecule has 1 aliphatic heterocycles. The summed E-state index contributed by atoms with van der Waals surface area (Å²) in [4.78, 5) is 24.4. The second-order valence-electron chi connectivity index (χ2n) is 15.3. The average Bonchev–Trinajstić information content (AvgIpc) is 3.87. The van der Waals surface area contributed by atoms with Crippen LogP contribution in [0.2, 0.25) is 0 Å². The maximum atomic E-state index is 12.2. The summed E-state index contributed by atoms with van der Waals surface area (Å²) in [5.41, 5.74) is 0. The third-order valence-electron chi connectivity index (χ3n) is 9.79. The van der Waals surface area contributed by atoms with E-state index in [4.69, 9.17) is 14.2 Å².